The van der Waals surface area contributed by atoms with Crippen LogP contribution in [-0.2, 0) is 5.41 Å². The first-order chi connectivity index (χ1) is 10.5. The third kappa shape index (κ3) is 1.64. The molecule has 0 fully saturated rings. The number of hydrogen-bond donors (Lipinski definition) is 0. The van der Waals surface area contributed by atoms with Crippen LogP contribution < -0.4 is 0 Å². The Bertz CT molecular complexity index is 882. The van der Waals surface area contributed by atoms with Crippen LogP contribution in [0.5, 0.6) is 0 Å². The highest BCUT2D eigenvalue weighted by Gasteiger charge is 2.37. The van der Waals surface area contributed by atoms with Crippen LogP contribution in [0.3, 0.4) is 0 Å². The lowest BCUT2D eigenvalue weighted by Crippen LogP contribution is -2.15. The fourth-order valence-corrected chi connectivity index (χ4v) is 4.16. The van der Waals surface area contributed by atoms with Crippen molar-refractivity contribution in [2.24, 2.45) is 0 Å². The van der Waals surface area contributed by atoms with E-state index in [1.165, 1.54) is 38.6 Å². The second-order valence-electron chi connectivity index (χ2n) is 7.26. The van der Waals surface area contributed by atoms with Crippen molar-refractivity contribution in [2.45, 2.75) is 39.0 Å². The molecule has 0 radical (unpaired) electrons. The second-order valence-corrected chi connectivity index (χ2v) is 7.26. The minimum atomic E-state index is 0.0705. The fourth-order valence-electron chi connectivity index (χ4n) is 4.16. The van der Waals surface area contributed by atoms with Crippen LogP contribution in [0.1, 0.15) is 50.3 Å². The van der Waals surface area contributed by atoms with E-state index in [0.717, 1.165) is 0 Å². The molecule has 0 atom stereocenters. The van der Waals surface area contributed by atoms with Gasteiger partial charge in [-0.25, -0.2) is 0 Å². The normalized spacial score (nSPS) is 15.1. The number of benzene rings is 3. The minimum absolute atomic E-state index is 0.0705. The molecular weight excluding hydrogens is 264 g/mol. The van der Waals surface area contributed by atoms with Gasteiger partial charge in [-0.15, -0.1) is 0 Å². The summed E-state index contributed by atoms with van der Waals surface area (Å²) in [6, 6.07) is 20.3. The van der Waals surface area contributed by atoms with E-state index in [1.54, 1.807) is 0 Å². The number of fused-ring (bicyclic) bond motifs is 5. The van der Waals surface area contributed by atoms with E-state index in [0.29, 0.717) is 5.92 Å². The minimum Gasteiger partial charge on any atom is -0.0619 e. The standard InChI is InChI=1S/C22H22/c1-14(2)18-13-19-16-10-7-8-12-20(16)22(3,4)21(19)17-11-6-5-9-15(17)18/h5-14H,1-4H3. The Morgan fingerprint density at radius 1 is 0.773 bits per heavy atom. The summed E-state index contributed by atoms with van der Waals surface area (Å²) in [5, 5.41) is 2.84. The zero-order valence-corrected chi connectivity index (χ0v) is 13.8. The van der Waals surface area contributed by atoms with E-state index in [2.05, 4.69) is 82.3 Å². The molecule has 0 nitrogen and oxygen atoms in total. The maximum absolute atomic E-state index is 2.44. The summed E-state index contributed by atoms with van der Waals surface area (Å²) >= 11 is 0. The van der Waals surface area contributed by atoms with Gasteiger partial charge in [0.2, 0.25) is 0 Å². The fraction of sp³-hybridized carbons (Fsp3) is 0.273. The predicted molar refractivity (Wildman–Crippen MR) is 95.6 cm³/mol. The van der Waals surface area contributed by atoms with Gasteiger partial charge in [-0.1, -0.05) is 76.2 Å². The summed E-state index contributed by atoms with van der Waals surface area (Å²) in [4.78, 5) is 0. The lowest BCUT2D eigenvalue weighted by atomic mass is 9.79. The Morgan fingerprint density at radius 2 is 1.41 bits per heavy atom. The molecule has 0 bridgehead atoms. The van der Waals surface area contributed by atoms with E-state index in [1.807, 2.05) is 0 Å². The lowest BCUT2D eigenvalue weighted by Gasteiger charge is -2.24. The predicted octanol–water partition coefficient (Wildman–Crippen LogP) is 6.27. The summed E-state index contributed by atoms with van der Waals surface area (Å²) < 4.78 is 0. The van der Waals surface area contributed by atoms with Crippen LogP contribution >= 0.6 is 0 Å². The highest BCUT2D eigenvalue weighted by Crippen LogP contribution is 2.52. The average molecular weight is 286 g/mol. The first-order valence-electron chi connectivity index (χ1n) is 8.18. The Kier molecular flexibility index (Phi) is 2.75. The summed E-state index contributed by atoms with van der Waals surface area (Å²) in [5.74, 6) is 0.533. The highest BCUT2D eigenvalue weighted by atomic mass is 14.4. The molecule has 110 valence electrons. The van der Waals surface area contributed by atoms with Gasteiger partial charge in [-0.05, 0) is 50.6 Å². The Labute approximate surface area is 132 Å². The van der Waals surface area contributed by atoms with Gasteiger partial charge in [0.25, 0.3) is 0 Å². The molecule has 1 aliphatic rings. The smallest absolute Gasteiger partial charge is 0.0165 e. The van der Waals surface area contributed by atoms with Crippen molar-refractivity contribution in [1.82, 2.24) is 0 Å². The molecule has 0 saturated heterocycles. The van der Waals surface area contributed by atoms with Crippen molar-refractivity contribution < 1.29 is 0 Å². The highest BCUT2D eigenvalue weighted by molar-refractivity contribution is 5.99. The van der Waals surface area contributed by atoms with Crippen molar-refractivity contribution in [2.75, 3.05) is 0 Å². The van der Waals surface area contributed by atoms with Crippen molar-refractivity contribution in [1.29, 1.82) is 0 Å². The number of hydrogen-bond acceptors (Lipinski definition) is 0. The zero-order chi connectivity index (χ0) is 15.5. The topological polar surface area (TPSA) is 0 Å². The van der Waals surface area contributed by atoms with Crippen molar-refractivity contribution in [3.8, 4) is 11.1 Å². The Balaban J connectivity index is 2.20. The molecule has 3 aromatic carbocycles. The maximum Gasteiger partial charge on any atom is 0.0165 e. The largest absolute Gasteiger partial charge is 0.0619 e. The molecule has 0 heterocycles. The quantitative estimate of drug-likeness (QED) is 0.494. The van der Waals surface area contributed by atoms with Crippen LogP contribution in [0.25, 0.3) is 21.9 Å². The van der Waals surface area contributed by atoms with Crippen LogP contribution in [0, 0.1) is 0 Å². The summed E-state index contributed by atoms with van der Waals surface area (Å²) in [6.07, 6.45) is 0. The van der Waals surface area contributed by atoms with Gasteiger partial charge < -0.3 is 0 Å². The van der Waals surface area contributed by atoms with Crippen LogP contribution in [0.4, 0.5) is 0 Å². The molecule has 0 N–H and O–H groups in total. The van der Waals surface area contributed by atoms with Crippen molar-refractivity contribution in [3.63, 3.8) is 0 Å². The van der Waals surface area contributed by atoms with Gasteiger partial charge in [0.1, 0.15) is 0 Å². The van der Waals surface area contributed by atoms with E-state index in [9.17, 15) is 0 Å². The van der Waals surface area contributed by atoms with E-state index < -0.39 is 0 Å². The van der Waals surface area contributed by atoms with E-state index in [4.69, 9.17) is 0 Å². The van der Waals surface area contributed by atoms with Gasteiger partial charge in [-0.2, -0.15) is 0 Å². The molecule has 0 aliphatic heterocycles. The SMILES string of the molecule is CC(C)c1cc2c(c3ccccc13)C(C)(C)c1ccccc1-2. The summed E-state index contributed by atoms with van der Waals surface area (Å²) in [5.41, 5.74) is 7.32. The first kappa shape index (κ1) is 13.6. The van der Waals surface area contributed by atoms with Gasteiger partial charge in [0, 0.05) is 5.41 Å². The van der Waals surface area contributed by atoms with Gasteiger partial charge in [0.15, 0.2) is 0 Å². The molecule has 0 spiro atoms. The Hall–Kier alpha value is -2.08. The molecule has 22 heavy (non-hydrogen) atoms. The third-order valence-corrected chi connectivity index (χ3v) is 5.21. The van der Waals surface area contributed by atoms with Gasteiger partial charge in [0.05, 0.1) is 0 Å². The molecule has 0 unspecified atom stereocenters. The summed E-state index contributed by atoms with van der Waals surface area (Å²) in [7, 11) is 0. The first-order valence-corrected chi connectivity index (χ1v) is 8.18. The van der Waals surface area contributed by atoms with E-state index >= 15 is 0 Å². The average Bonchev–Trinajstić information content (AvgIpc) is 2.75. The van der Waals surface area contributed by atoms with Crippen LogP contribution in [0.2, 0.25) is 0 Å². The maximum atomic E-state index is 2.44. The van der Waals surface area contributed by atoms with Crippen LogP contribution in [0.15, 0.2) is 54.6 Å². The molecule has 4 rings (SSSR count). The molecule has 0 heteroatoms. The third-order valence-electron chi connectivity index (χ3n) is 5.21. The Morgan fingerprint density at radius 3 is 2.14 bits per heavy atom. The van der Waals surface area contributed by atoms with Gasteiger partial charge in [-0.3, -0.25) is 0 Å². The van der Waals surface area contributed by atoms with Crippen molar-refractivity contribution >= 4 is 10.8 Å². The van der Waals surface area contributed by atoms with E-state index in [-0.39, 0.29) is 5.41 Å². The van der Waals surface area contributed by atoms with Crippen LogP contribution in [-0.4, -0.2) is 0 Å². The molecular formula is C22H22. The zero-order valence-electron chi connectivity index (χ0n) is 13.8. The lowest BCUT2D eigenvalue weighted by molar-refractivity contribution is 0.666. The van der Waals surface area contributed by atoms with Gasteiger partial charge >= 0.3 is 0 Å². The molecule has 0 amide bonds. The molecule has 3 aromatic rings. The molecule has 0 aromatic heterocycles. The monoisotopic (exact) mass is 286 g/mol. The molecule has 1 aliphatic carbocycles. The summed E-state index contributed by atoms with van der Waals surface area (Å²) in [6.45, 7) is 9.30. The van der Waals surface area contributed by atoms with Crippen molar-refractivity contribution in [3.05, 3.63) is 71.3 Å². The number of rotatable bonds is 1. The molecule has 0 saturated carbocycles. The second kappa shape index (κ2) is 4.46.